The lowest BCUT2D eigenvalue weighted by Gasteiger charge is -2.13. The summed E-state index contributed by atoms with van der Waals surface area (Å²) < 4.78 is 0. The van der Waals surface area contributed by atoms with Gasteiger partial charge in [0, 0.05) is 25.2 Å². The third kappa shape index (κ3) is 3.21. The lowest BCUT2D eigenvalue weighted by atomic mass is 10.2. The van der Waals surface area contributed by atoms with Crippen LogP contribution >= 0.6 is 12.4 Å². The Bertz CT molecular complexity index is 257. The van der Waals surface area contributed by atoms with Crippen molar-refractivity contribution in [3.63, 3.8) is 0 Å². The van der Waals surface area contributed by atoms with Gasteiger partial charge in [0.1, 0.15) is 0 Å². The van der Waals surface area contributed by atoms with Crippen molar-refractivity contribution < 1.29 is 4.79 Å². The van der Waals surface area contributed by atoms with Crippen molar-refractivity contribution in [1.29, 1.82) is 0 Å². The summed E-state index contributed by atoms with van der Waals surface area (Å²) in [5.74, 6) is 0.176. The van der Waals surface area contributed by atoms with Crippen LogP contribution in [0.3, 0.4) is 0 Å². The molecule has 0 radical (unpaired) electrons. The molecular formula is C11H19ClN2O. The Balaban J connectivity index is 0.00000112. The second kappa shape index (κ2) is 5.52. The van der Waals surface area contributed by atoms with Gasteiger partial charge >= 0.3 is 0 Å². The van der Waals surface area contributed by atoms with Crippen molar-refractivity contribution in [3.05, 3.63) is 11.6 Å². The van der Waals surface area contributed by atoms with Crippen LogP contribution in [-0.4, -0.2) is 29.9 Å². The molecule has 1 aliphatic carbocycles. The predicted octanol–water partition coefficient (Wildman–Crippen LogP) is 1.47. The Kier molecular flexibility index (Phi) is 4.61. The van der Waals surface area contributed by atoms with Gasteiger partial charge in [0.25, 0.3) is 0 Å². The molecule has 4 heteroatoms. The van der Waals surface area contributed by atoms with Gasteiger partial charge < -0.3 is 10.6 Å². The highest BCUT2D eigenvalue weighted by molar-refractivity contribution is 5.88. The van der Waals surface area contributed by atoms with E-state index in [1.165, 1.54) is 18.4 Å². The number of nitrogens with zero attached hydrogens (tertiary/aromatic N) is 1. The lowest BCUT2D eigenvalue weighted by Crippen LogP contribution is -2.30. The normalized spacial score (nSPS) is 25.3. The summed E-state index contributed by atoms with van der Waals surface area (Å²) in [5.41, 5.74) is 7.09. The third-order valence-electron chi connectivity index (χ3n) is 3.11. The summed E-state index contributed by atoms with van der Waals surface area (Å²) in [6, 6.07) is 0.195. The standard InChI is InChI=1S/C11H18N2O.ClH/c12-10-5-6-13(8-10)11(14)7-9-3-1-2-4-9;/h7,10H,1-6,8,12H2;1H/t10-;/m0./s1. The Morgan fingerprint density at radius 1 is 1.40 bits per heavy atom. The van der Waals surface area contributed by atoms with Gasteiger partial charge in [-0.2, -0.15) is 0 Å². The molecule has 0 bridgehead atoms. The number of nitrogens with two attached hydrogens (primary N) is 1. The van der Waals surface area contributed by atoms with Gasteiger partial charge in [0.15, 0.2) is 0 Å². The van der Waals surface area contributed by atoms with Crippen LogP contribution in [0.4, 0.5) is 0 Å². The minimum Gasteiger partial charge on any atom is -0.338 e. The first-order valence-electron chi connectivity index (χ1n) is 5.49. The maximum atomic E-state index is 11.7. The summed E-state index contributed by atoms with van der Waals surface area (Å²) in [7, 11) is 0. The minimum absolute atomic E-state index is 0. The summed E-state index contributed by atoms with van der Waals surface area (Å²) in [5, 5.41) is 0. The Morgan fingerprint density at radius 2 is 2.07 bits per heavy atom. The second-order valence-electron chi connectivity index (χ2n) is 4.34. The molecule has 1 aliphatic heterocycles. The van der Waals surface area contributed by atoms with Crippen molar-refractivity contribution >= 4 is 18.3 Å². The van der Waals surface area contributed by atoms with Gasteiger partial charge in [0.2, 0.25) is 5.91 Å². The SMILES string of the molecule is Cl.N[C@H]1CCN(C(=O)C=C2CCCC2)C1. The molecule has 1 heterocycles. The second-order valence-corrected chi connectivity index (χ2v) is 4.34. The molecule has 0 aromatic carbocycles. The van der Waals surface area contributed by atoms with Crippen molar-refractivity contribution in [2.45, 2.75) is 38.1 Å². The molecule has 1 atom stereocenters. The fourth-order valence-electron chi connectivity index (χ4n) is 2.23. The first-order chi connectivity index (χ1) is 6.75. The fourth-order valence-corrected chi connectivity index (χ4v) is 2.23. The van der Waals surface area contributed by atoms with Gasteiger partial charge in [-0.15, -0.1) is 12.4 Å². The summed E-state index contributed by atoms with van der Waals surface area (Å²) in [4.78, 5) is 13.6. The summed E-state index contributed by atoms with van der Waals surface area (Å²) in [6.45, 7) is 1.58. The van der Waals surface area contributed by atoms with Gasteiger partial charge in [-0.05, 0) is 32.1 Å². The molecule has 2 N–H and O–H groups in total. The Labute approximate surface area is 97.1 Å². The Hall–Kier alpha value is -0.540. The molecule has 2 aliphatic rings. The number of hydrogen-bond donors (Lipinski definition) is 1. The molecule has 0 spiro atoms. The first-order valence-corrected chi connectivity index (χ1v) is 5.49. The topological polar surface area (TPSA) is 46.3 Å². The molecule has 2 fully saturated rings. The molecule has 86 valence electrons. The van der Waals surface area contributed by atoms with E-state index >= 15 is 0 Å². The number of carbonyl (C=O) groups excluding carboxylic acids is 1. The number of carbonyl (C=O) groups is 1. The van der Waals surface area contributed by atoms with Gasteiger partial charge in [0.05, 0.1) is 0 Å². The fraction of sp³-hybridized carbons (Fsp3) is 0.727. The molecule has 2 rings (SSSR count). The van der Waals surface area contributed by atoms with E-state index in [0.717, 1.165) is 32.4 Å². The predicted molar refractivity (Wildman–Crippen MR) is 63.0 cm³/mol. The van der Waals surface area contributed by atoms with Crippen LogP contribution in [0, 0.1) is 0 Å². The summed E-state index contributed by atoms with van der Waals surface area (Å²) >= 11 is 0. The number of hydrogen-bond acceptors (Lipinski definition) is 2. The minimum atomic E-state index is 0. The molecule has 1 saturated heterocycles. The van der Waals surface area contributed by atoms with E-state index in [-0.39, 0.29) is 24.4 Å². The van der Waals surface area contributed by atoms with Crippen molar-refractivity contribution in [1.82, 2.24) is 4.90 Å². The first kappa shape index (κ1) is 12.5. The number of halogens is 1. The van der Waals surface area contributed by atoms with Crippen LogP contribution in [0.15, 0.2) is 11.6 Å². The van der Waals surface area contributed by atoms with E-state index in [1.54, 1.807) is 0 Å². The smallest absolute Gasteiger partial charge is 0.246 e. The van der Waals surface area contributed by atoms with Crippen molar-refractivity contribution in [2.75, 3.05) is 13.1 Å². The molecule has 3 nitrogen and oxygen atoms in total. The number of amides is 1. The van der Waals surface area contributed by atoms with Gasteiger partial charge in [-0.3, -0.25) is 4.79 Å². The zero-order valence-electron chi connectivity index (χ0n) is 8.95. The monoisotopic (exact) mass is 230 g/mol. The highest BCUT2D eigenvalue weighted by atomic mass is 35.5. The van der Waals surface area contributed by atoms with Crippen LogP contribution in [0.5, 0.6) is 0 Å². The number of rotatable bonds is 1. The van der Waals surface area contributed by atoms with Crippen LogP contribution in [0.1, 0.15) is 32.1 Å². The van der Waals surface area contributed by atoms with Crippen molar-refractivity contribution in [3.8, 4) is 0 Å². The highest BCUT2D eigenvalue weighted by Crippen LogP contribution is 2.24. The number of allylic oxidation sites excluding steroid dienone is 1. The lowest BCUT2D eigenvalue weighted by molar-refractivity contribution is -0.125. The molecular weight excluding hydrogens is 212 g/mol. The van der Waals surface area contributed by atoms with E-state index in [2.05, 4.69) is 0 Å². The van der Waals surface area contributed by atoms with Crippen LogP contribution in [0.25, 0.3) is 0 Å². The molecule has 1 saturated carbocycles. The largest absolute Gasteiger partial charge is 0.338 e. The average Bonchev–Trinajstić information content (AvgIpc) is 2.75. The molecule has 15 heavy (non-hydrogen) atoms. The van der Waals surface area contributed by atoms with Crippen LogP contribution in [0.2, 0.25) is 0 Å². The van der Waals surface area contributed by atoms with E-state index in [1.807, 2.05) is 11.0 Å². The number of likely N-dealkylation sites (tertiary alicyclic amines) is 1. The average molecular weight is 231 g/mol. The maximum absolute atomic E-state index is 11.7. The maximum Gasteiger partial charge on any atom is 0.246 e. The quantitative estimate of drug-likeness (QED) is 0.694. The molecule has 0 aromatic rings. The van der Waals surface area contributed by atoms with Crippen molar-refractivity contribution in [2.24, 2.45) is 5.73 Å². The van der Waals surface area contributed by atoms with E-state index in [0.29, 0.717) is 0 Å². The summed E-state index contributed by atoms with van der Waals surface area (Å²) in [6.07, 6.45) is 7.52. The highest BCUT2D eigenvalue weighted by Gasteiger charge is 2.22. The van der Waals surface area contributed by atoms with Crippen LogP contribution in [-0.2, 0) is 4.79 Å². The molecule has 1 amide bonds. The van der Waals surface area contributed by atoms with E-state index < -0.39 is 0 Å². The Morgan fingerprint density at radius 3 is 2.60 bits per heavy atom. The van der Waals surface area contributed by atoms with Gasteiger partial charge in [-0.25, -0.2) is 0 Å². The molecule has 0 aromatic heterocycles. The third-order valence-corrected chi connectivity index (χ3v) is 3.11. The van der Waals surface area contributed by atoms with E-state index in [9.17, 15) is 4.79 Å². The van der Waals surface area contributed by atoms with Gasteiger partial charge in [-0.1, -0.05) is 5.57 Å². The van der Waals surface area contributed by atoms with Crippen LogP contribution < -0.4 is 5.73 Å². The molecule has 0 unspecified atom stereocenters. The zero-order chi connectivity index (χ0) is 9.97. The van der Waals surface area contributed by atoms with E-state index in [4.69, 9.17) is 5.73 Å². The zero-order valence-corrected chi connectivity index (χ0v) is 9.76.